The third-order valence-electron chi connectivity index (χ3n) is 1.08. The Morgan fingerprint density at radius 1 is 1.10 bits per heavy atom. The molecule has 2 N–H and O–H groups in total. The van der Waals surface area contributed by atoms with Crippen LogP contribution in [-0.4, -0.2) is 25.3 Å². The maximum atomic E-state index is 8.35. The summed E-state index contributed by atoms with van der Waals surface area (Å²) in [6.45, 7) is 5.41. The van der Waals surface area contributed by atoms with Crippen LogP contribution < -0.4 is 5.32 Å². The fourth-order valence-corrected chi connectivity index (χ4v) is 0.590. The van der Waals surface area contributed by atoms with Crippen LogP contribution >= 0.6 is 0 Å². The smallest absolute Gasteiger partial charge is 0.0431 e. The first-order valence-corrected chi connectivity index (χ1v) is 4.17. The lowest BCUT2D eigenvalue weighted by atomic mass is 10.2. The molecule has 0 aromatic carbocycles. The first kappa shape index (κ1) is 12.6. The molecular weight excluding hydrogens is 126 g/mol. The maximum absolute atomic E-state index is 8.35. The Kier molecular flexibility index (Phi) is 20.1. The van der Waals surface area contributed by atoms with E-state index in [2.05, 4.69) is 5.32 Å². The zero-order valence-electron chi connectivity index (χ0n) is 7.48. The van der Waals surface area contributed by atoms with Gasteiger partial charge in [0.15, 0.2) is 0 Å². The van der Waals surface area contributed by atoms with Crippen molar-refractivity contribution in [3.8, 4) is 0 Å². The van der Waals surface area contributed by atoms with Gasteiger partial charge in [0.2, 0.25) is 0 Å². The average Bonchev–Trinajstić information content (AvgIpc) is 2.02. The minimum Gasteiger partial charge on any atom is -0.396 e. The highest BCUT2D eigenvalue weighted by molar-refractivity contribution is 4.41. The highest BCUT2D eigenvalue weighted by atomic mass is 16.2. The van der Waals surface area contributed by atoms with E-state index >= 15 is 0 Å². The normalized spacial score (nSPS) is 8.40. The van der Waals surface area contributed by atoms with Crippen LogP contribution in [0.1, 0.15) is 33.1 Å². The van der Waals surface area contributed by atoms with Gasteiger partial charge in [0.05, 0.1) is 0 Å². The molecule has 0 saturated heterocycles. The number of hydrogen-bond acceptors (Lipinski definition) is 2. The number of rotatable bonds is 5. The van der Waals surface area contributed by atoms with Crippen LogP contribution in [0.15, 0.2) is 0 Å². The van der Waals surface area contributed by atoms with Crippen LogP contribution in [0.25, 0.3) is 0 Å². The van der Waals surface area contributed by atoms with E-state index < -0.39 is 0 Å². The predicted octanol–water partition coefficient (Wildman–Crippen LogP) is 1.39. The first-order valence-electron chi connectivity index (χ1n) is 4.17. The maximum Gasteiger partial charge on any atom is 0.0431 e. The van der Waals surface area contributed by atoms with Gasteiger partial charge in [-0.05, 0) is 32.9 Å². The summed E-state index contributed by atoms with van der Waals surface area (Å²) in [5, 5.41) is 11.4. The van der Waals surface area contributed by atoms with Crippen molar-refractivity contribution in [2.45, 2.75) is 33.1 Å². The molecule has 0 heterocycles. The third-order valence-corrected chi connectivity index (χ3v) is 1.08. The lowest BCUT2D eigenvalue weighted by molar-refractivity contribution is 0.283. The lowest BCUT2D eigenvalue weighted by Gasteiger charge is -1.95. The summed E-state index contributed by atoms with van der Waals surface area (Å²) in [6, 6.07) is 0. The highest BCUT2D eigenvalue weighted by Gasteiger charge is 1.83. The van der Waals surface area contributed by atoms with Crippen LogP contribution in [0.2, 0.25) is 0 Å². The van der Waals surface area contributed by atoms with Crippen LogP contribution in [-0.2, 0) is 0 Å². The molecule has 0 fully saturated rings. The molecule has 0 saturated carbocycles. The molecule has 0 radical (unpaired) electrons. The summed E-state index contributed by atoms with van der Waals surface area (Å²) in [5.41, 5.74) is 0. The van der Waals surface area contributed by atoms with Gasteiger partial charge in [-0.2, -0.15) is 0 Å². The van der Waals surface area contributed by atoms with E-state index in [0.717, 1.165) is 19.4 Å². The molecule has 0 aliphatic rings. The van der Waals surface area contributed by atoms with Gasteiger partial charge in [0.1, 0.15) is 0 Å². The van der Waals surface area contributed by atoms with Crippen molar-refractivity contribution < 1.29 is 5.11 Å². The van der Waals surface area contributed by atoms with E-state index in [1.165, 1.54) is 6.42 Å². The molecule has 0 aromatic rings. The zero-order chi connectivity index (χ0) is 8.24. The Hall–Kier alpha value is -0.0800. The molecule has 0 aromatic heterocycles. The average molecular weight is 147 g/mol. The van der Waals surface area contributed by atoms with E-state index in [-0.39, 0.29) is 0 Å². The molecule has 0 atom stereocenters. The third kappa shape index (κ3) is 15.7. The molecule has 0 bridgehead atoms. The van der Waals surface area contributed by atoms with Crippen molar-refractivity contribution >= 4 is 0 Å². The first-order chi connectivity index (χ1) is 4.91. The van der Waals surface area contributed by atoms with Crippen LogP contribution in [0.5, 0.6) is 0 Å². The van der Waals surface area contributed by atoms with Gasteiger partial charge in [-0.1, -0.05) is 13.8 Å². The van der Waals surface area contributed by atoms with E-state index in [0.29, 0.717) is 6.61 Å². The zero-order valence-corrected chi connectivity index (χ0v) is 7.48. The van der Waals surface area contributed by atoms with Gasteiger partial charge in [-0.15, -0.1) is 0 Å². The van der Waals surface area contributed by atoms with Gasteiger partial charge in [0, 0.05) is 6.61 Å². The molecule has 0 amide bonds. The molecule has 0 spiro atoms. The van der Waals surface area contributed by atoms with E-state index in [4.69, 9.17) is 5.11 Å². The minimum absolute atomic E-state index is 0.337. The van der Waals surface area contributed by atoms with Gasteiger partial charge in [0.25, 0.3) is 0 Å². The van der Waals surface area contributed by atoms with Crippen LogP contribution in [0.4, 0.5) is 0 Å². The Morgan fingerprint density at radius 2 is 1.70 bits per heavy atom. The molecule has 64 valence electrons. The number of unbranched alkanes of at least 4 members (excludes halogenated alkanes) is 2. The molecule has 0 aliphatic carbocycles. The molecule has 2 heteroatoms. The Bertz CT molecular complexity index is 34.2. The largest absolute Gasteiger partial charge is 0.396 e. The topological polar surface area (TPSA) is 32.3 Å². The molecule has 2 nitrogen and oxygen atoms in total. The van der Waals surface area contributed by atoms with Crippen molar-refractivity contribution in [3.05, 3.63) is 0 Å². The second-order valence-electron chi connectivity index (χ2n) is 1.89. The minimum atomic E-state index is 0.337. The van der Waals surface area contributed by atoms with Gasteiger partial charge >= 0.3 is 0 Å². The van der Waals surface area contributed by atoms with Crippen LogP contribution in [0.3, 0.4) is 0 Å². The van der Waals surface area contributed by atoms with Gasteiger partial charge in [-0.25, -0.2) is 0 Å². The molecule has 0 rings (SSSR count). The number of aliphatic hydroxyl groups excluding tert-OH is 1. The lowest BCUT2D eigenvalue weighted by Crippen LogP contribution is -2.07. The second kappa shape index (κ2) is 16.0. The summed E-state index contributed by atoms with van der Waals surface area (Å²) < 4.78 is 0. The van der Waals surface area contributed by atoms with Crippen LogP contribution in [0, 0.1) is 0 Å². The highest BCUT2D eigenvalue weighted by Crippen LogP contribution is 1.90. The number of nitrogens with one attached hydrogen (secondary N) is 1. The number of aliphatic hydroxyl groups is 1. The van der Waals surface area contributed by atoms with E-state index in [1.807, 2.05) is 20.9 Å². The molecule has 0 unspecified atom stereocenters. The summed E-state index contributed by atoms with van der Waals surface area (Å²) in [6.07, 6.45) is 3.26. The fourth-order valence-electron chi connectivity index (χ4n) is 0.590. The van der Waals surface area contributed by atoms with Crippen molar-refractivity contribution in [2.75, 3.05) is 20.2 Å². The summed E-state index contributed by atoms with van der Waals surface area (Å²) in [5.74, 6) is 0. The quantitative estimate of drug-likeness (QED) is 0.576. The monoisotopic (exact) mass is 147 g/mol. The molecular formula is C8H21NO. The fraction of sp³-hybridized carbons (Fsp3) is 1.00. The van der Waals surface area contributed by atoms with Crippen molar-refractivity contribution in [1.82, 2.24) is 5.32 Å². The molecule has 10 heavy (non-hydrogen) atoms. The Balaban J connectivity index is 0. The summed E-state index contributed by atoms with van der Waals surface area (Å²) in [7, 11) is 1.94. The standard InChI is InChI=1S/C6H15NO.C2H6/c1-7-5-3-2-4-6-8;1-2/h7-8H,2-6H2,1H3;1-2H3. The summed E-state index contributed by atoms with van der Waals surface area (Å²) in [4.78, 5) is 0. The van der Waals surface area contributed by atoms with Crippen molar-refractivity contribution in [1.29, 1.82) is 0 Å². The van der Waals surface area contributed by atoms with E-state index in [1.54, 1.807) is 0 Å². The SMILES string of the molecule is CC.CNCCCCCO. The van der Waals surface area contributed by atoms with Crippen molar-refractivity contribution in [3.63, 3.8) is 0 Å². The van der Waals surface area contributed by atoms with Gasteiger partial charge < -0.3 is 10.4 Å². The Morgan fingerprint density at radius 3 is 2.10 bits per heavy atom. The van der Waals surface area contributed by atoms with Gasteiger partial charge in [-0.3, -0.25) is 0 Å². The number of hydrogen-bond donors (Lipinski definition) is 2. The summed E-state index contributed by atoms with van der Waals surface area (Å²) >= 11 is 0. The second-order valence-corrected chi connectivity index (χ2v) is 1.89. The molecule has 0 aliphatic heterocycles. The Labute approximate surface area is 64.6 Å². The van der Waals surface area contributed by atoms with Crippen molar-refractivity contribution in [2.24, 2.45) is 0 Å². The predicted molar refractivity (Wildman–Crippen MR) is 46.2 cm³/mol. The van der Waals surface area contributed by atoms with E-state index in [9.17, 15) is 0 Å².